The van der Waals surface area contributed by atoms with Crippen LogP contribution in [-0.4, -0.2) is 21.4 Å². The number of nitrogens with one attached hydrogen (secondary N) is 1. The van der Waals surface area contributed by atoms with E-state index in [0.717, 1.165) is 0 Å². The van der Waals surface area contributed by atoms with Crippen LogP contribution in [0.2, 0.25) is 0 Å². The number of rotatable bonds is 4. The Kier molecular flexibility index (Phi) is 5.79. The second-order valence-electron chi connectivity index (χ2n) is 5.04. The number of thioether (sulfide) groups is 1. The minimum Gasteiger partial charge on any atom is -0.362 e. The molecule has 0 saturated heterocycles. The average Bonchev–Trinajstić information content (AvgIpc) is 2.54. The molecule has 0 bridgehead atoms. The molecule has 0 aliphatic heterocycles. The maximum Gasteiger partial charge on any atom is 0.416 e. The number of aromatic nitrogens is 3. The first-order chi connectivity index (χ1) is 12.0. The zero-order valence-electron chi connectivity index (χ0n) is 13.4. The Balaban J connectivity index is 2.32. The second kappa shape index (κ2) is 7.52. The van der Waals surface area contributed by atoms with Gasteiger partial charge in [0.05, 0.1) is 22.5 Å². The molecule has 2 rings (SSSR count). The quantitative estimate of drug-likeness (QED) is 0.583. The van der Waals surface area contributed by atoms with Gasteiger partial charge in [-0.15, -0.1) is 5.10 Å². The maximum absolute atomic E-state index is 12.8. The van der Waals surface area contributed by atoms with E-state index in [0.29, 0.717) is 28.7 Å². The largest absolute Gasteiger partial charge is 0.416 e. The molecule has 2 aromatic rings. The summed E-state index contributed by atoms with van der Waals surface area (Å²) in [5.74, 6) is 0. The van der Waals surface area contributed by atoms with Gasteiger partial charge in [0.2, 0.25) is 5.16 Å². The van der Waals surface area contributed by atoms with E-state index in [9.17, 15) is 26.3 Å². The third-order valence-electron chi connectivity index (χ3n) is 3.13. The van der Waals surface area contributed by atoms with Crippen molar-refractivity contribution in [3.63, 3.8) is 0 Å². The summed E-state index contributed by atoms with van der Waals surface area (Å²) in [7, 11) is 0. The number of alkyl halides is 6. The highest BCUT2D eigenvalue weighted by molar-refractivity contribution is 7.98. The molecular formula is C15H12F6N4S. The summed E-state index contributed by atoms with van der Waals surface area (Å²) in [5, 5.41) is 10.4. The van der Waals surface area contributed by atoms with Gasteiger partial charge in [0.1, 0.15) is 0 Å². The first kappa shape index (κ1) is 20.0. The normalized spacial score (nSPS) is 12.6. The Bertz CT molecular complexity index is 785. The zero-order valence-corrected chi connectivity index (χ0v) is 14.2. The lowest BCUT2D eigenvalue weighted by molar-refractivity contribution is -0.143. The van der Waals surface area contributed by atoms with Crippen LogP contribution in [0.3, 0.4) is 0 Å². The standard InChI is InChI=1S/C15H12F6N4S/c1-8-12(23-13(26-2)25-24-8)3-4-22-11-6-9(14(16,17)18)5-10(7-11)15(19,20)21/h3-7,22H,1-2H3/b4-3+. The lowest BCUT2D eigenvalue weighted by Crippen LogP contribution is -2.11. The highest BCUT2D eigenvalue weighted by Crippen LogP contribution is 2.37. The molecule has 0 aliphatic carbocycles. The summed E-state index contributed by atoms with van der Waals surface area (Å²) in [6.07, 6.45) is -5.49. The number of nitrogens with zero attached hydrogens (tertiary/aromatic N) is 3. The molecule has 140 valence electrons. The van der Waals surface area contributed by atoms with E-state index in [1.807, 2.05) is 0 Å². The van der Waals surface area contributed by atoms with Crippen molar-refractivity contribution in [1.82, 2.24) is 15.2 Å². The molecule has 1 heterocycles. The van der Waals surface area contributed by atoms with Gasteiger partial charge in [-0.25, -0.2) is 4.98 Å². The van der Waals surface area contributed by atoms with E-state index in [-0.39, 0.29) is 11.8 Å². The first-order valence-corrected chi connectivity index (χ1v) is 8.21. The van der Waals surface area contributed by atoms with Crippen molar-refractivity contribution in [2.45, 2.75) is 24.4 Å². The lowest BCUT2D eigenvalue weighted by atomic mass is 10.1. The van der Waals surface area contributed by atoms with Crippen molar-refractivity contribution in [3.05, 3.63) is 46.9 Å². The van der Waals surface area contributed by atoms with Crippen LogP contribution in [0, 0.1) is 6.92 Å². The minimum absolute atomic E-state index is 0.0676. The minimum atomic E-state index is -4.90. The number of aryl methyl sites for hydroxylation is 1. The zero-order chi connectivity index (χ0) is 19.5. The summed E-state index contributed by atoms with van der Waals surface area (Å²) in [5.41, 5.74) is -2.30. The second-order valence-corrected chi connectivity index (χ2v) is 5.81. The Labute approximate surface area is 148 Å². The molecule has 0 spiro atoms. The van der Waals surface area contributed by atoms with Gasteiger partial charge in [-0.3, -0.25) is 0 Å². The molecule has 0 radical (unpaired) electrons. The molecule has 0 unspecified atom stereocenters. The van der Waals surface area contributed by atoms with E-state index in [1.54, 1.807) is 13.2 Å². The van der Waals surface area contributed by atoms with Crippen LogP contribution >= 0.6 is 11.8 Å². The van der Waals surface area contributed by atoms with Gasteiger partial charge in [-0.1, -0.05) is 11.8 Å². The molecule has 1 aromatic carbocycles. The Hall–Kier alpha value is -2.30. The molecule has 1 N–H and O–H groups in total. The van der Waals surface area contributed by atoms with Gasteiger partial charge in [0.25, 0.3) is 0 Å². The van der Waals surface area contributed by atoms with Gasteiger partial charge in [0.15, 0.2) is 0 Å². The van der Waals surface area contributed by atoms with Gasteiger partial charge < -0.3 is 5.32 Å². The average molecular weight is 394 g/mol. The molecular weight excluding hydrogens is 382 g/mol. The van der Waals surface area contributed by atoms with Gasteiger partial charge in [-0.05, 0) is 37.5 Å². The third-order valence-corrected chi connectivity index (χ3v) is 3.67. The van der Waals surface area contributed by atoms with Gasteiger partial charge >= 0.3 is 12.4 Å². The van der Waals surface area contributed by atoms with Gasteiger partial charge in [0, 0.05) is 11.9 Å². The summed E-state index contributed by atoms with van der Waals surface area (Å²) in [6, 6.07) is 1.26. The van der Waals surface area contributed by atoms with Gasteiger partial charge in [-0.2, -0.15) is 31.4 Å². The smallest absolute Gasteiger partial charge is 0.362 e. The van der Waals surface area contributed by atoms with Crippen LogP contribution in [-0.2, 0) is 12.4 Å². The molecule has 0 atom stereocenters. The summed E-state index contributed by atoms with van der Waals surface area (Å²) in [4.78, 5) is 4.14. The highest BCUT2D eigenvalue weighted by atomic mass is 32.2. The summed E-state index contributed by atoms with van der Waals surface area (Å²) < 4.78 is 76.9. The van der Waals surface area contributed by atoms with Crippen LogP contribution in [0.25, 0.3) is 6.08 Å². The number of benzene rings is 1. The number of halogens is 6. The molecule has 0 fully saturated rings. The molecule has 1 aromatic heterocycles. The summed E-state index contributed by atoms with van der Waals surface area (Å²) in [6.45, 7) is 1.62. The van der Waals surface area contributed by atoms with E-state index >= 15 is 0 Å². The van der Waals surface area contributed by atoms with Crippen LogP contribution in [0.4, 0.5) is 32.0 Å². The lowest BCUT2D eigenvalue weighted by Gasteiger charge is -2.14. The molecule has 26 heavy (non-hydrogen) atoms. The van der Waals surface area contributed by atoms with E-state index in [4.69, 9.17) is 0 Å². The highest BCUT2D eigenvalue weighted by Gasteiger charge is 2.36. The van der Waals surface area contributed by atoms with Crippen LogP contribution in [0.1, 0.15) is 22.5 Å². The monoisotopic (exact) mass is 394 g/mol. The fraction of sp³-hybridized carbons (Fsp3) is 0.267. The van der Waals surface area contributed by atoms with Crippen molar-refractivity contribution >= 4 is 23.5 Å². The molecule has 0 amide bonds. The van der Waals surface area contributed by atoms with Crippen molar-refractivity contribution in [2.24, 2.45) is 0 Å². The van der Waals surface area contributed by atoms with E-state index in [1.165, 1.54) is 24.0 Å². The van der Waals surface area contributed by atoms with Crippen LogP contribution < -0.4 is 5.32 Å². The van der Waals surface area contributed by atoms with Crippen molar-refractivity contribution in [2.75, 3.05) is 11.6 Å². The predicted octanol–water partition coefficient (Wildman–Crippen LogP) is 5.02. The number of hydrogen-bond acceptors (Lipinski definition) is 5. The SMILES string of the molecule is CSc1nnc(C)c(/C=C/Nc2cc(C(F)(F)F)cc(C(F)(F)F)c2)n1. The fourth-order valence-corrected chi connectivity index (χ4v) is 2.19. The number of hydrogen-bond donors (Lipinski definition) is 1. The van der Waals surface area contributed by atoms with Crippen LogP contribution in [0.15, 0.2) is 29.6 Å². The fourth-order valence-electron chi connectivity index (χ4n) is 1.87. The van der Waals surface area contributed by atoms with E-state index < -0.39 is 23.5 Å². The molecule has 4 nitrogen and oxygen atoms in total. The molecule has 0 aliphatic rings. The van der Waals surface area contributed by atoms with Crippen molar-refractivity contribution in [3.8, 4) is 0 Å². The molecule has 0 saturated carbocycles. The van der Waals surface area contributed by atoms with E-state index in [2.05, 4.69) is 20.5 Å². The topological polar surface area (TPSA) is 50.7 Å². The summed E-state index contributed by atoms with van der Waals surface area (Å²) >= 11 is 1.24. The Morgan fingerprint density at radius 2 is 1.54 bits per heavy atom. The Morgan fingerprint density at radius 1 is 0.962 bits per heavy atom. The third kappa shape index (κ3) is 5.10. The predicted molar refractivity (Wildman–Crippen MR) is 85.4 cm³/mol. The first-order valence-electron chi connectivity index (χ1n) is 6.98. The Morgan fingerprint density at radius 3 is 2.04 bits per heavy atom. The van der Waals surface area contributed by atoms with Crippen molar-refractivity contribution < 1.29 is 26.3 Å². The van der Waals surface area contributed by atoms with Crippen LogP contribution in [0.5, 0.6) is 0 Å². The molecule has 11 heteroatoms. The number of anilines is 1. The maximum atomic E-state index is 12.8. The van der Waals surface area contributed by atoms with Crippen molar-refractivity contribution in [1.29, 1.82) is 0 Å².